The van der Waals surface area contributed by atoms with E-state index >= 15 is 0 Å². The molecule has 0 aromatic carbocycles. The van der Waals surface area contributed by atoms with Crippen LogP contribution in [0.1, 0.15) is 33.0 Å². The van der Waals surface area contributed by atoms with Crippen molar-refractivity contribution in [1.82, 2.24) is 9.97 Å². The van der Waals surface area contributed by atoms with E-state index in [0.29, 0.717) is 12.2 Å². The van der Waals surface area contributed by atoms with Gasteiger partial charge >= 0.3 is 0 Å². The van der Waals surface area contributed by atoms with Crippen molar-refractivity contribution in [3.63, 3.8) is 0 Å². The summed E-state index contributed by atoms with van der Waals surface area (Å²) in [6.07, 6.45) is 0.673. The third-order valence-corrected chi connectivity index (χ3v) is 5.30. The standard InChI is InChI=1S/C14H24N4O2S/c1-5-18(12-6-7-21(19,20)9-12)14-8-13(15-10(2)3)16-11(4)17-14/h8,10,12H,5-7,9H2,1-4H3,(H,15,16,17). The SMILES string of the molecule is CCN(c1cc(NC(C)C)nc(C)n1)C1CCS(=O)(=O)C1. The molecule has 1 aliphatic heterocycles. The normalized spacial score (nSPS) is 20.7. The Morgan fingerprint density at radius 1 is 1.43 bits per heavy atom. The number of rotatable bonds is 5. The summed E-state index contributed by atoms with van der Waals surface area (Å²) in [5, 5.41) is 3.28. The molecule has 1 unspecified atom stereocenters. The number of anilines is 2. The van der Waals surface area contributed by atoms with Crippen molar-refractivity contribution in [2.75, 3.05) is 28.3 Å². The van der Waals surface area contributed by atoms with Crippen LogP contribution in [0.2, 0.25) is 0 Å². The predicted molar refractivity (Wildman–Crippen MR) is 85.6 cm³/mol. The van der Waals surface area contributed by atoms with Gasteiger partial charge in [0, 0.05) is 24.7 Å². The zero-order chi connectivity index (χ0) is 15.6. The van der Waals surface area contributed by atoms with Crippen LogP contribution in [0.15, 0.2) is 6.07 Å². The highest BCUT2D eigenvalue weighted by Gasteiger charge is 2.32. The molecule has 7 heteroatoms. The number of nitrogens with one attached hydrogen (secondary N) is 1. The van der Waals surface area contributed by atoms with E-state index in [-0.39, 0.29) is 23.6 Å². The maximum absolute atomic E-state index is 11.7. The second-order valence-corrected chi connectivity index (χ2v) is 8.03. The summed E-state index contributed by atoms with van der Waals surface area (Å²) in [7, 11) is -2.90. The molecule has 0 spiro atoms. The van der Waals surface area contributed by atoms with Crippen LogP contribution >= 0.6 is 0 Å². The third-order valence-electron chi connectivity index (χ3n) is 3.55. The second-order valence-electron chi connectivity index (χ2n) is 5.80. The lowest BCUT2D eigenvalue weighted by Crippen LogP contribution is -2.37. The Balaban J connectivity index is 2.27. The van der Waals surface area contributed by atoms with Gasteiger partial charge in [-0.25, -0.2) is 18.4 Å². The van der Waals surface area contributed by atoms with Gasteiger partial charge in [0.25, 0.3) is 0 Å². The molecule has 0 saturated carbocycles. The third kappa shape index (κ3) is 4.06. The average Bonchev–Trinajstić information content (AvgIpc) is 2.69. The largest absolute Gasteiger partial charge is 0.368 e. The van der Waals surface area contributed by atoms with Crippen LogP contribution in [0, 0.1) is 6.92 Å². The first-order valence-corrected chi connectivity index (χ1v) is 9.22. The summed E-state index contributed by atoms with van der Waals surface area (Å²) in [6.45, 7) is 8.72. The highest BCUT2D eigenvalue weighted by atomic mass is 32.2. The van der Waals surface area contributed by atoms with E-state index in [1.54, 1.807) is 0 Å². The molecule has 1 aromatic heterocycles. The van der Waals surface area contributed by atoms with Crippen LogP contribution < -0.4 is 10.2 Å². The summed E-state index contributed by atoms with van der Waals surface area (Å²) >= 11 is 0. The van der Waals surface area contributed by atoms with E-state index in [2.05, 4.69) is 34.0 Å². The van der Waals surface area contributed by atoms with Crippen LogP contribution in [0.25, 0.3) is 0 Å². The summed E-state index contributed by atoms with van der Waals surface area (Å²) in [6, 6.07) is 2.21. The zero-order valence-corrected chi connectivity index (χ0v) is 13.9. The molecule has 1 N–H and O–H groups in total. The van der Waals surface area contributed by atoms with Crippen molar-refractivity contribution in [3.05, 3.63) is 11.9 Å². The molecular formula is C14H24N4O2S. The van der Waals surface area contributed by atoms with Gasteiger partial charge in [-0.05, 0) is 34.1 Å². The van der Waals surface area contributed by atoms with E-state index in [0.717, 1.165) is 18.2 Å². The van der Waals surface area contributed by atoms with Gasteiger partial charge in [0.1, 0.15) is 17.5 Å². The van der Waals surface area contributed by atoms with Crippen LogP contribution in [-0.2, 0) is 9.84 Å². The van der Waals surface area contributed by atoms with Gasteiger partial charge in [-0.15, -0.1) is 0 Å². The molecule has 0 radical (unpaired) electrons. The van der Waals surface area contributed by atoms with Gasteiger partial charge in [0.2, 0.25) is 0 Å². The van der Waals surface area contributed by atoms with Gasteiger partial charge in [-0.2, -0.15) is 0 Å². The predicted octanol–water partition coefficient (Wildman–Crippen LogP) is 1.62. The first kappa shape index (κ1) is 16.0. The number of aromatic nitrogens is 2. The lowest BCUT2D eigenvalue weighted by molar-refractivity contribution is 0.599. The van der Waals surface area contributed by atoms with Gasteiger partial charge in [-0.1, -0.05) is 0 Å². The lowest BCUT2D eigenvalue weighted by atomic mass is 10.2. The van der Waals surface area contributed by atoms with E-state index in [4.69, 9.17) is 0 Å². The molecule has 1 aromatic rings. The van der Waals surface area contributed by atoms with Crippen molar-refractivity contribution in [2.45, 2.75) is 46.2 Å². The Morgan fingerprint density at radius 3 is 2.67 bits per heavy atom. The Kier molecular flexibility index (Phi) is 4.70. The molecule has 6 nitrogen and oxygen atoms in total. The molecule has 1 saturated heterocycles. The minimum atomic E-state index is -2.90. The Morgan fingerprint density at radius 2 is 2.14 bits per heavy atom. The van der Waals surface area contributed by atoms with E-state index in [1.165, 1.54) is 0 Å². The van der Waals surface area contributed by atoms with Gasteiger partial charge in [0.05, 0.1) is 11.5 Å². The van der Waals surface area contributed by atoms with E-state index < -0.39 is 9.84 Å². The molecule has 21 heavy (non-hydrogen) atoms. The second kappa shape index (κ2) is 6.17. The highest BCUT2D eigenvalue weighted by Crippen LogP contribution is 2.24. The van der Waals surface area contributed by atoms with Gasteiger partial charge in [0.15, 0.2) is 9.84 Å². The summed E-state index contributed by atoms with van der Waals surface area (Å²) in [5.74, 6) is 2.77. The lowest BCUT2D eigenvalue weighted by Gasteiger charge is -2.28. The first-order chi connectivity index (χ1) is 9.80. The summed E-state index contributed by atoms with van der Waals surface area (Å²) < 4.78 is 23.4. The number of hydrogen-bond donors (Lipinski definition) is 1. The van der Waals surface area contributed by atoms with Crippen molar-refractivity contribution in [3.8, 4) is 0 Å². The quantitative estimate of drug-likeness (QED) is 0.890. The molecule has 2 rings (SSSR count). The van der Waals surface area contributed by atoms with Crippen LogP contribution in [-0.4, -0.2) is 48.5 Å². The Bertz CT molecular complexity index is 601. The van der Waals surface area contributed by atoms with E-state index in [1.807, 2.05) is 19.9 Å². The molecule has 0 amide bonds. The minimum Gasteiger partial charge on any atom is -0.368 e. The summed E-state index contributed by atoms with van der Waals surface area (Å²) in [4.78, 5) is 10.9. The van der Waals surface area contributed by atoms with Crippen LogP contribution in [0.5, 0.6) is 0 Å². The van der Waals surface area contributed by atoms with Crippen molar-refractivity contribution in [2.24, 2.45) is 0 Å². The number of sulfone groups is 1. The molecule has 1 fully saturated rings. The number of hydrogen-bond acceptors (Lipinski definition) is 6. The Labute approximate surface area is 126 Å². The fourth-order valence-electron chi connectivity index (χ4n) is 2.70. The smallest absolute Gasteiger partial charge is 0.152 e. The molecular weight excluding hydrogens is 288 g/mol. The van der Waals surface area contributed by atoms with Crippen molar-refractivity contribution < 1.29 is 8.42 Å². The summed E-state index contributed by atoms with van der Waals surface area (Å²) in [5.41, 5.74) is 0. The maximum Gasteiger partial charge on any atom is 0.152 e. The topological polar surface area (TPSA) is 75.2 Å². The average molecular weight is 312 g/mol. The van der Waals surface area contributed by atoms with Crippen molar-refractivity contribution >= 4 is 21.5 Å². The fraction of sp³-hybridized carbons (Fsp3) is 0.714. The van der Waals surface area contributed by atoms with Crippen LogP contribution in [0.3, 0.4) is 0 Å². The number of aryl methyl sites for hydroxylation is 1. The van der Waals surface area contributed by atoms with Crippen molar-refractivity contribution in [1.29, 1.82) is 0 Å². The molecule has 1 atom stereocenters. The monoisotopic (exact) mass is 312 g/mol. The number of nitrogens with zero attached hydrogens (tertiary/aromatic N) is 3. The fourth-order valence-corrected chi connectivity index (χ4v) is 4.43. The minimum absolute atomic E-state index is 0.0150. The van der Waals surface area contributed by atoms with E-state index in [9.17, 15) is 8.42 Å². The first-order valence-electron chi connectivity index (χ1n) is 7.40. The molecule has 2 heterocycles. The molecule has 1 aliphatic rings. The molecule has 0 aliphatic carbocycles. The van der Waals surface area contributed by atoms with Gasteiger partial charge in [-0.3, -0.25) is 0 Å². The highest BCUT2D eigenvalue weighted by molar-refractivity contribution is 7.91. The molecule has 0 bridgehead atoms. The molecule has 118 valence electrons. The zero-order valence-electron chi connectivity index (χ0n) is 13.1. The maximum atomic E-state index is 11.7. The van der Waals surface area contributed by atoms with Gasteiger partial charge < -0.3 is 10.2 Å². The van der Waals surface area contributed by atoms with Crippen LogP contribution in [0.4, 0.5) is 11.6 Å². The Hall–Kier alpha value is -1.37.